The van der Waals surface area contributed by atoms with Gasteiger partial charge in [-0.25, -0.2) is 0 Å². The Morgan fingerprint density at radius 3 is 1.44 bits per heavy atom. The summed E-state index contributed by atoms with van der Waals surface area (Å²) in [5.74, 6) is 0. The largest absolute Gasteiger partial charge is 0.456 e. The van der Waals surface area contributed by atoms with E-state index in [1.165, 1.54) is 33.4 Å². The molecule has 0 amide bonds. The van der Waals surface area contributed by atoms with Crippen LogP contribution in [0.25, 0.3) is 55.0 Å². The van der Waals surface area contributed by atoms with Crippen molar-refractivity contribution in [2.24, 2.45) is 0 Å². The Kier molecular flexibility index (Phi) is 6.17. The van der Waals surface area contributed by atoms with Gasteiger partial charge in [0.15, 0.2) is 0 Å². The fourth-order valence-electron chi connectivity index (χ4n) is 8.86. The van der Waals surface area contributed by atoms with Gasteiger partial charge < -0.3 is 13.7 Å². The molecule has 2 heterocycles. The molecule has 0 saturated carbocycles. The molecule has 0 bridgehead atoms. The molecular formula is C49H31NO2. The summed E-state index contributed by atoms with van der Waals surface area (Å²) >= 11 is 0. The third-order valence-corrected chi connectivity index (χ3v) is 10.9. The van der Waals surface area contributed by atoms with Crippen molar-refractivity contribution in [2.45, 2.75) is 5.41 Å². The predicted molar refractivity (Wildman–Crippen MR) is 213 cm³/mol. The summed E-state index contributed by atoms with van der Waals surface area (Å²) in [6.07, 6.45) is 0. The maximum absolute atomic E-state index is 6.48. The van der Waals surface area contributed by atoms with Crippen molar-refractivity contribution in [3.05, 3.63) is 210 Å². The van der Waals surface area contributed by atoms with Crippen LogP contribution in [-0.4, -0.2) is 0 Å². The molecule has 3 nitrogen and oxygen atoms in total. The van der Waals surface area contributed by atoms with E-state index in [0.717, 1.165) is 60.9 Å². The van der Waals surface area contributed by atoms with Crippen molar-refractivity contribution in [3.8, 4) is 11.1 Å². The smallest absolute Gasteiger partial charge is 0.137 e. The van der Waals surface area contributed by atoms with E-state index in [4.69, 9.17) is 8.83 Å². The van der Waals surface area contributed by atoms with Crippen LogP contribution in [0, 0.1) is 0 Å². The van der Waals surface area contributed by atoms with E-state index < -0.39 is 5.41 Å². The van der Waals surface area contributed by atoms with E-state index in [2.05, 4.69) is 181 Å². The minimum atomic E-state index is -0.529. The van der Waals surface area contributed by atoms with Gasteiger partial charge in [-0.1, -0.05) is 140 Å². The summed E-state index contributed by atoms with van der Waals surface area (Å²) in [7, 11) is 0. The van der Waals surface area contributed by atoms with Crippen LogP contribution in [0.5, 0.6) is 0 Å². The van der Waals surface area contributed by atoms with Gasteiger partial charge in [0.25, 0.3) is 0 Å². The van der Waals surface area contributed by atoms with Gasteiger partial charge >= 0.3 is 0 Å². The second-order valence-electron chi connectivity index (χ2n) is 13.6. The summed E-state index contributed by atoms with van der Waals surface area (Å²) in [5, 5.41) is 4.31. The van der Waals surface area contributed by atoms with Gasteiger partial charge in [0.2, 0.25) is 0 Å². The second kappa shape index (κ2) is 11.1. The summed E-state index contributed by atoms with van der Waals surface area (Å²) in [6.45, 7) is 0. The van der Waals surface area contributed by atoms with E-state index in [0.29, 0.717) is 0 Å². The molecule has 2 aromatic heterocycles. The number of furan rings is 2. The SMILES string of the molecule is c1ccc(C2(c3ccccc3)c3ccccc3-c3ccc(N(c4cccc5oc6ccccc6c45)c4cccc5oc6ccccc6c45)cc32)cc1. The van der Waals surface area contributed by atoms with Gasteiger partial charge in [-0.2, -0.15) is 0 Å². The molecular weight excluding hydrogens is 635 g/mol. The quantitative estimate of drug-likeness (QED) is 0.183. The molecule has 1 aliphatic carbocycles. The van der Waals surface area contributed by atoms with Crippen LogP contribution in [0.15, 0.2) is 197 Å². The fourth-order valence-corrected chi connectivity index (χ4v) is 8.86. The van der Waals surface area contributed by atoms with Gasteiger partial charge in [-0.3, -0.25) is 0 Å². The zero-order chi connectivity index (χ0) is 34.2. The van der Waals surface area contributed by atoms with Gasteiger partial charge in [0.1, 0.15) is 22.3 Å². The predicted octanol–water partition coefficient (Wildman–Crippen LogP) is 13.3. The number of benzene rings is 8. The number of nitrogens with zero attached hydrogens (tertiary/aromatic N) is 1. The molecule has 0 N–H and O–H groups in total. The minimum Gasteiger partial charge on any atom is -0.456 e. The highest BCUT2D eigenvalue weighted by Gasteiger charge is 2.46. The fraction of sp³-hybridized carbons (Fsp3) is 0.0204. The minimum absolute atomic E-state index is 0.529. The molecule has 0 aliphatic heterocycles. The highest BCUT2D eigenvalue weighted by molar-refractivity contribution is 6.17. The number of para-hydroxylation sites is 2. The lowest BCUT2D eigenvalue weighted by Crippen LogP contribution is -2.28. The van der Waals surface area contributed by atoms with Crippen LogP contribution >= 0.6 is 0 Å². The number of fused-ring (bicyclic) bond motifs is 9. The Hall–Kier alpha value is -6.84. The molecule has 3 heteroatoms. The lowest BCUT2D eigenvalue weighted by Gasteiger charge is -2.35. The van der Waals surface area contributed by atoms with Crippen molar-refractivity contribution in [1.29, 1.82) is 0 Å². The molecule has 0 spiro atoms. The molecule has 244 valence electrons. The third-order valence-electron chi connectivity index (χ3n) is 10.9. The molecule has 0 atom stereocenters. The zero-order valence-electron chi connectivity index (χ0n) is 28.2. The van der Waals surface area contributed by atoms with E-state index in [1.807, 2.05) is 12.1 Å². The average molecular weight is 666 g/mol. The van der Waals surface area contributed by atoms with Crippen molar-refractivity contribution in [3.63, 3.8) is 0 Å². The Bertz CT molecular complexity index is 2820. The summed E-state index contributed by atoms with van der Waals surface area (Å²) in [5.41, 5.74) is 13.6. The molecule has 11 rings (SSSR count). The number of hydrogen-bond donors (Lipinski definition) is 0. The van der Waals surface area contributed by atoms with Gasteiger partial charge in [0.05, 0.1) is 27.6 Å². The Morgan fingerprint density at radius 1 is 0.365 bits per heavy atom. The van der Waals surface area contributed by atoms with Crippen LogP contribution in [0.4, 0.5) is 17.1 Å². The standard InChI is InChI=1S/C49H31NO2/c1-3-15-32(16-4-1)49(33-17-5-2-6-18-33)39-22-10-7-19-35(39)36-30-29-34(31-40(36)49)50(41-23-13-27-45-47(41)37-20-8-11-25-43(37)51-45)42-24-14-28-46-48(42)38-21-9-12-26-44(38)52-46/h1-31H. The van der Waals surface area contributed by atoms with Crippen LogP contribution in [0.1, 0.15) is 22.3 Å². The zero-order valence-corrected chi connectivity index (χ0v) is 28.2. The Morgan fingerprint density at radius 2 is 0.846 bits per heavy atom. The first-order valence-corrected chi connectivity index (χ1v) is 17.8. The molecule has 0 radical (unpaired) electrons. The Labute approximate surface area is 300 Å². The molecule has 10 aromatic rings. The molecule has 8 aromatic carbocycles. The van der Waals surface area contributed by atoms with Crippen LogP contribution in [0.2, 0.25) is 0 Å². The third kappa shape index (κ3) is 3.96. The monoisotopic (exact) mass is 665 g/mol. The van der Waals surface area contributed by atoms with Crippen LogP contribution in [0.3, 0.4) is 0 Å². The summed E-state index contributed by atoms with van der Waals surface area (Å²) in [4.78, 5) is 2.42. The van der Waals surface area contributed by atoms with E-state index in [-0.39, 0.29) is 0 Å². The Balaban J connectivity index is 1.27. The molecule has 1 aliphatic rings. The highest BCUT2D eigenvalue weighted by Crippen LogP contribution is 2.58. The van der Waals surface area contributed by atoms with Crippen molar-refractivity contribution in [2.75, 3.05) is 4.90 Å². The first-order chi connectivity index (χ1) is 25.8. The molecule has 0 saturated heterocycles. The number of anilines is 3. The molecule has 0 fully saturated rings. The maximum Gasteiger partial charge on any atom is 0.137 e. The summed E-state index contributed by atoms with van der Waals surface area (Å²) < 4.78 is 13.0. The van der Waals surface area contributed by atoms with Crippen LogP contribution in [-0.2, 0) is 5.41 Å². The summed E-state index contributed by atoms with van der Waals surface area (Å²) in [6, 6.07) is 67.3. The van der Waals surface area contributed by atoms with Crippen molar-refractivity contribution >= 4 is 60.9 Å². The first kappa shape index (κ1) is 28.9. The van der Waals surface area contributed by atoms with Crippen molar-refractivity contribution in [1.82, 2.24) is 0 Å². The normalized spacial score (nSPS) is 13.2. The lowest BCUT2D eigenvalue weighted by atomic mass is 9.67. The molecule has 0 unspecified atom stereocenters. The highest BCUT2D eigenvalue weighted by atomic mass is 16.3. The number of hydrogen-bond acceptors (Lipinski definition) is 3. The first-order valence-electron chi connectivity index (χ1n) is 17.8. The van der Waals surface area contributed by atoms with Gasteiger partial charge in [0, 0.05) is 16.5 Å². The van der Waals surface area contributed by atoms with Gasteiger partial charge in [-0.15, -0.1) is 0 Å². The lowest BCUT2D eigenvalue weighted by molar-refractivity contribution is 0.668. The van der Waals surface area contributed by atoms with Crippen molar-refractivity contribution < 1.29 is 8.83 Å². The van der Waals surface area contributed by atoms with E-state index in [1.54, 1.807) is 0 Å². The second-order valence-corrected chi connectivity index (χ2v) is 13.6. The van der Waals surface area contributed by atoms with Gasteiger partial charge in [-0.05, 0) is 81.9 Å². The van der Waals surface area contributed by atoms with Crippen LogP contribution < -0.4 is 4.90 Å². The molecule has 52 heavy (non-hydrogen) atoms. The maximum atomic E-state index is 6.48. The number of rotatable bonds is 5. The average Bonchev–Trinajstić information content (AvgIpc) is 3.88. The van der Waals surface area contributed by atoms with E-state index >= 15 is 0 Å². The van der Waals surface area contributed by atoms with E-state index in [9.17, 15) is 0 Å². The topological polar surface area (TPSA) is 29.5 Å².